The van der Waals surface area contributed by atoms with Gasteiger partial charge < -0.3 is 16.0 Å². The van der Waals surface area contributed by atoms with Gasteiger partial charge in [-0.2, -0.15) is 15.0 Å². The van der Waals surface area contributed by atoms with E-state index in [0.29, 0.717) is 5.95 Å². The summed E-state index contributed by atoms with van der Waals surface area (Å²) in [5, 5.41) is 7.68. The molecule has 10 heteroatoms. The zero-order valence-electron chi connectivity index (χ0n) is 10.4. The number of nitrogens with zero attached hydrogens (tertiary/aromatic N) is 4. The van der Waals surface area contributed by atoms with E-state index in [0.717, 1.165) is 25.9 Å². The molecule has 1 aromatic rings. The van der Waals surface area contributed by atoms with E-state index in [-0.39, 0.29) is 24.2 Å². The summed E-state index contributed by atoms with van der Waals surface area (Å²) < 4.78 is 21.6. The molecule has 0 aromatic carbocycles. The molecule has 0 amide bonds. The molecule has 0 radical (unpaired) electrons. The Morgan fingerprint density at radius 2 is 1.89 bits per heavy atom. The van der Waals surface area contributed by atoms with Gasteiger partial charge in [0, 0.05) is 19.6 Å². The average Bonchev–Trinajstić information content (AvgIpc) is 2.79. The van der Waals surface area contributed by atoms with E-state index in [2.05, 4.69) is 20.3 Å². The van der Waals surface area contributed by atoms with E-state index in [1.807, 2.05) is 4.90 Å². The second kappa shape index (κ2) is 5.53. The highest BCUT2D eigenvalue weighted by Gasteiger charge is 2.16. The monoisotopic (exact) mass is 287 g/mol. The molecule has 0 aliphatic carbocycles. The standard InChI is InChI=1S/C9H17N7O2S/c10-7-13-8(12-3-6-19(11,17)18)15-9(14-7)16-4-1-2-5-16/h1-6H2,(H2,11,17,18)(H3,10,12,13,14,15). The topological polar surface area (TPSA) is 140 Å². The van der Waals surface area contributed by atoms with E-state index in [9.17, 15) is 8.42 Å². The first-order chi connectivity index (χ1) is 8.94. The molecule has 5 N–H and O–H groups in total. The second-order valence-electron chi connectivity index (χ2n) is 4.31. The number of rotatable bonds is 5. The predicted octanol–water partition coefficient (Wildman–Crippen LogP) is -1.25. The molecule has 1 aliphatic rings. The molecule has 2 rings (SSSR count). The van der Waals surface area contributed by atoms with Gasteiger partial charge in [-0.05, 0) is 12.8 Å². The van der Waals surface area contributed by atoms with Crippen molar-refractivity contribution in [2.24, 2.45) is 5.14 Å². The number of aromatic nitrogens is 3. The Morgan fingerprint density at radius 1 is 1.21 bits per heavy atom. The maximum Gasteiger partial charge on any atom is 0.231 e. The minimum absolute atomic E-state index is 0.106. The van der Waals surface area contributed by atoms with Gasteiger partial charge in [0.25, 0.3) is 0 Å². The van der Waals surface area contributed by atoms with Crippen LogP contribution in [0.3, 0.4) is 0 Å². The smallest absolute Gasteiger partial charge is 0.231 e. The van der Waals surface area contributed by atoms with Crippen LogP contribution >= 0.6 is 0 Å². The Bertz CT molecular complexity index is 541. The van der Waals surface area contributed by atoms with Crippen molar-refractivity contribution in [1.29, 1.82) is 0 Å². The van der Waals surface area contributed by atoms with Crippen LogP contribution in [0.4, 0.5) is 17.8 Å². The van der Waals surface area contributed by atoms with Crippen LogP contribution in [0.25, 0.3) is 0 Å². The van der Waals surface area contributed by atoms with Crippen LogP contribution in [0.1, 0.15) is 12.8 Å². The van der Waals surface area contributed by atoms with Gasteiger partial charge in [0.2, 0.25) is 27.9 Å². The summed E-state index contributed by atoms with van der Waals surface area (Å²) >= 11 is 0. The zero-order chi connectivity index (χ0) is 13.9. The summed E-state index contributed by atoms with van der Waals surface area (Å²) in [7, 11) is -3.51. The first kappa shape index (κ1) is 13.7. The van der Waals surface area contributed by atoms with E-state index >= 15 is 0 Å². The molecule has 19 heavy (non-hydrogen) atoms. The van der Waals surface area contributed by atoms with Gasteiger partial charge in [-0.1, -0.05) is 0 Å². The first-order valence-electron chi connectivity index (χ1n) is 5.95. The molecule has 1 saturated heterocycles. The molecule has 2 heterocycles. The number of nitrogens with two attached hydrogens (primary N) is 2. The van der Waals surface area contributed by atoms with Crippen LogP contribution in [0.15, 0.2) is 0 Å². The van der Waals surface area contributed by atoms with Crippen LogP contribution in [0.5, 0.6) is 0 Å². The largest absolute Gasteiger partial charge is 0.368 e. The summed E-state index contributed by atoms with van der Waals surface area (Å²) in [5.74, 6) is 0.689. The fourth-order valence-electron chi connectivity index (χ4n) is 1.82. The minimum Gasteiger partial charge on any atom is -0.368 e. The number of nitrogen functional groups attached to an aromatic ring is 1. The number of primary sulfonamides is 1. The lowest BCUT2D eigenvalue weighted by atomic mass is 10.4. The third-order valence-electron chi connectivity index (χ3n) is 2.70. The summed E-state index contributed by atoms with van der Waals surface area (Å²) in [4.78, 5) is 14.2. The highest BCUT2D eigenvalue weighted by Crippen LogP contribution is 2.17. The van der Waals surface area contributed by atoms with Gasteiger partial charge in [0.05, 0.1) is 5.75 Å². The van der Waals surface area contributed by atoms with Crippen molar-refractivity contribution in [3.63, 3.8) is 0 Å². The van der Waals surface area contributed by atoms with Crippen LogP contribution in [-0.2, 0) is 10.0 Å². The molecule has 106 valence electrons. The molecular weight excluding hydrogens is 270 g/mol. The van der Waals surface area contributed by atoms with Crippen LogP contribution in [0, 0.1) is 0 Å². The normalized spacial score (nSPS) is 15.7. The number of anilines is 3. The van der Waals surface area contributed by atoms with Gasteiger partial charge in [-0.15, -0.1) is 0 Å². The van der Waals surface area contributed by atoms with E-state index in [4.69, 9.17) is 10.9 Å². The molecule has 0 spiro atoms. The summed E-state index contributed by atoms with van der Waals surface area (Å²) in [5.41, 5.74) is 5.61. The molecular formula is C9H17N7O2S. The van der Waals surface area contributed by atoms with Crippen molar-refractivity contribution in [3.8, 4) is 0 Å². The van der Waals surface area contributed by atoms with E-state index in [1.165, 1.54) is 0 Å². The molecule has 0 saturated carbocycles. The molecule has 0 bridgehead atoms. The lowest BCUT2D eigenvalue weighted by molar-refractivity contribution is 0.598. The average molecular weight is 287 g/mol. The van der Waals surface area contributed by atoms with Crippen molar-refractivity contribution in [3.05, 3.63) is 0 Å². The SMILES string of the molecule is Nc1nc(NCCS(N)(=O)=O)nc(N2CCCC2)n1. The lowest BCUT2D eigenvalue weighted by Gasteiger charge is -2.15. The Balaban J connectivity index is 2.04. The zero-order valence-corrected chi connectivity index (χ0v) is 11.2. The third kappa shape index (κ3) is 4.17. The second-order valence-corrected chi connectivity index (χ2v) is 6.04. The molecule has 1 fully saturated rings. The fourth-order valence-corrected chi connectivity index (χ4v) is 2.21. The fraction of sp³-hybridized carbons (Fsp3) is 0.667. The van der Waals surface area contributed by atoms with Crippen LogP contribution in [-0.4, -0.2) is 48.8 Å². The quantitative estimate of drug-likeness (QED) is 0.610. The molecule has 0 atom stereocenters. The Kier molecular flexibility index (Phi) is 4.00. The Morgan fingerprint density at radius 3 is 2.53 bits per heavy atom. The highest BCUT2D eigenvalue weighted by atomic mass is 32.2. The van der Waals surface area contributed by atoms with Gasteiger partial charge in [0.1, 0.15) is 0 Å². The van der Waals surface area contributed by atoms with Crippen LogP contribution in [0.2, 0.25) is 0 Å². The third-order valence-corrected chi connectivity index (χ3v) is 3.47. The number of nitrogens with one attached hydrogen (secondary N) is 1. The van der Waals surface area contributed by atoms with Crippen molar-refractivity contribution in [2.45, 2.75) is 12.8 Å². The van der Waals surface area contributed by atoms with E-state index < -0.39 is 10.0 Å². The minimum atomic E-state index is -3.51. The number of hydrogen-bond acceptors (Lipinski definition) is 8. The Hall–Kier alpha value is -1.68. The van der Waals surface area contributed by atoms with Crippen molar-refractivity contribution in [2.75, 3.05) is 41.3 Å². The summed E-state index contributed by atoms with van der Waals surface area (Å²) in [6.07, 6.45) is 2.19. The van der Waals surface area contributed by atoms with Crippen molar-refractivity contribution < 1.29 is 8.42 Å². The predicted molar refractivity (Wildman–Crippen MR) is 72.2 cm³/mol. The summed E-state index contributed by atoms with van der Waals surface area (Å²) in [6, 6.07) is 0. The maximum absolute atomic E-state index is 10.8. The van der Waals surface area contributed by atoms with Crippen molar-refractivity contribution >= 4 is 27.9 Å². The summed E-state index contributed by atoms with van der Waals surface area (Å²) in [6.45, 7) is 1.90. The van der Waals surface area contributed by atoms with Crippen LogP contribution < -0.4 is 21.1 Å². The molecule has 1 aromatic heterocycles. The first-order valence-corrected chi connectivity index (χ1v) is 7.66. The van der Waals surface area contributed by atoms with Gasteiger partial charge in [-0.25, -0.2) is 13.6 Å². The maximum atomic E-state index is 10.8. The van der Waals surface area contributed by atoms with Gasteiger partial charge >= 0.3 is 0 Å². The Labute approximate surface area is 111 Å². The van der Waals surface area contributed by atoms with Gasteiger partial charge in [-0.3, -0.25) is 0 Å². The molecule has 9 nitrogen and oxygen atoms in total. The lowest BCUT2D eigenvalue weighted by Crippen LogP contribution is -2.25. The number of sulfonamides is 1. The molecule has 1 aliphatic heterocycles. The molecule has 0 unspecified atom stereocenters. The van der Waals surface area contributed by atoms with Crippen molar-refractivity contribution in [1.82, 2.24) is 15.0 Å². The highest BCUT2D eigenvalue weighted by molar-refractivity contribution is 7.89. The number of hydrogen-bond donors (Lipinski definition) is 3. The van der Waals surface area contributed by atoms with E-state index in [1.54, 1.807) is 0 Å². The van der Waals surface area contributed by atoms with Gasteiger partial charge in [0.15, 0.2) is 0 Å².